The van der Waals surface area contributed by atoms with E-state index in [9.17, 15) is 4.79 Å². The predicted molar refractivity (Wildman–Crippen MR) is 86.2 cm³/mol. The van der Waals surface area contributed by atoms with Crippen LogP contribution in [0.2, 0.25) is 0 Å². The number of hydrogen-bond donors (Lipinski definition) is 1. The highest BCUT2D eigenvalue weighted by molar-refractivity contribution is 5.92. The molecule has 114 valence electrons. The zero-order valence-corrected chi connectivity index (χ0v) is 12.8. The van der Waals surface area contributed by atoms with E-state index in [2.05, 4.69) is 28.4 Å². The minimum atomic E-state index is 0.211. The normalized spacial score (nSPS) is 20.6. The average molecular weight is 286 g/mol. The van der Waals surface area contributed by atoms with Crippen molar-refractivity contribution in [3.63, 3.8) is 0 Å². The van der Waals surface area contributed by atoms with E-state index in [0.29, 0.717) is 0 Å². The third-order valence-corrected chi connectivity index (χ3v) is 4.78. The molecule has 1 heterocycles. The fraction of sp³-hybridized carbons (Fsp3) is 0.611. The lowest BCUT2D eigenvalue weighted by Gasteiger charge is -2.26. The molecule has 1 aromatic rings. The number of carbonyl (C=O) groups excluding carboxylic acids is 1. The van der Waals surface area contributed by atoms with Gasteiger partial charge in [-0.1, -0.05) is 31.4 Å². The van der Waals surface area contributed by atoms with E-state index in [1.54, 1.807) is 0 Å². The van der Waals surface area contributed by atoms with Crippen molar-refractivity contribution in [1.82, 2.24) is 4.90 Å². The van der Waals surface area contributed by atoms with Crippen LogP contribution in [0.1, 0.15) is 50.5 Å². The van der Waals surface area contributed by atoms with Crippen molar-refractivity contribution in [3.8, 4) is 0 Å². The Balaban J connectivity index is 1.58. The summed E-state index contributed by atoms with van der Waals surface area (Å²) in [4.78, 5) is 14.7. The maximum Gasteiger partial charge on any atom is 0.227 e. The Morgan fingerprint density at radius 3 is 2.62 bits per heavy atom. The predicted octanol–water partition coefficient (Wildman–Crippen LogP) is 3.80. The van der Waals surface area contributed by atoms with Gasteiger partial charge in [0.15, 0.2) is 0 Å². The molecule has 21 heavy (non-hydrogen) atoms. The summed E-state index contributed by atoms with van der Waals surface area (Å²) in [7, 11) is 0. The molecule has 0 aromatic heterocycles. The zero-order chi connectivity index (χ0) is 14.5. The Morgan fingerprint density at radius 1 is 1.10 bits per heavy atom. The number of benzene rings is 1. The van der Waals surface area contributed by atoms with Crippen LogP contribution in [0.15, 0.2) is 24.3 Å². The summed E-state index contributed by atoms with van der Waals surface area (Å²) in [5, 5.41) is 3.10. The second kappa shape index (κ2) is 7.08. The average Bonchev–Trinajstić information content (AvgIpc) is 3.03. The van der Waals surface area contributed by atoms with E-state index in [1.165, 1.54) is 50.8 Å². The quantitative estimate of drug-likeness (QED) is 0.913. The van der Waals surface area contributed by atoms with Crippen LogP contribution in [0.25, 0.3) is 0 Å². The number of piperidine rings is 1. The van der Waals surface area contributed by atoms with E-state index >= 15 is 0 Å². The van der Waals surface area contributed by atoms with Gasteiger partial charge in [-0.05, 0) is 56.5 Å². The molecular weight excluding hydrogens is 260 g/mol. The maximum atomic E-state index is 12.2. The molecule has 1 aromatic carbocycles. The standard InChI is InChI=1S/C18H26N2O/c21-18(16-8-2-3-9-16)19-17-10-6-7-15(13-17)14-20-11-4-1-5-12-20/h6-7,10,13,16H,1-5,8-9,11-12,14H2,(H,19,21). The Hall–Kier alpha value is -1.35. The first-order valence-electron chi connectivity index (χ1n) is 8.43. The lowest BCUT2D eigenvalue weighted by Crippen LogP contribution is -2.29. The maximum absolute atomic E-state index is 12.2. The van der Waals surface area contributed by atoms with Crippen LogP contribution >= 0.6 is 0 Å². The third-order valence-electron chi connectivity index (χ3n) is 4.78. The van der Waals surface area contributed by atoms with Gasteiger partial charge in [-0.15, -0.1) is 0 Å². The summed E-state index contributed by atoms with van der Waals surface area (Å²) in [5.41, 5.74) is 2.27. The lowest BCUT2D eigenvalue weighted by molar-refractivity contribution is -0.119. The molecule has 1 amide bonds. The Kier molecular flexibility index (Phi) is 4.91. The summed E-state index contributed by atoms with van der Waals surface area (Å²) >= 11 is 0. The number of hydrogen-bond acceptors (Lipinski definition) is 2. The van der Waals surface area contributed by atoms with Gasteiger partial charge in [0.2, 0.25) is 5.91 Å². The smallest absolute Gasteiger partial charge is 0.227 e. The van der Waals surface area contributed by atoms with E-state index in [4.69, 9.17) is 0 Å². The topological polar surface area (TPSA) is 32.3 Å². The molecule has 1 aliphatic carbocycles. The van der Waals surface area contributed by atoms with E-state index in [-0.39, 0.29) is 11.8 Å². The lowest BCUT2D eigenvalue weighted by atomic mass is 10.1. The molecular formula is C18H26N2O. The minimum absolute atomic E-state index is 0.211. The van der Waals surface area contributed by atoms with Crippen molar-refractivity contribution in [1.29, 1.82) is 0 Å². The first kappa shape index (κ1) is 14.6. The number of anilines is 1. The monoisotopic (exact) mass is 286 g/mol. The van der Waals surface area contributed by atoms with Gasteiger partial charge < -0.3 is 5.32 Å². The minimum Gasteiger partial charge on any atom is -0.326 e. The van der Waals surface area contributed by atoms with E-state index in [1.807, 2.05) is 6.07 Å². The van der Waals surface area contributed by atoms with Crippen molar-refractivity contribution in [3.05, 3.63) is 29.8 Å². The van der Waals surface area contributed by atoms with Crippen LogP contribution in [0, 0.1) is 5.92 Å². The highest BCUT2D eigenvalue weighted by atomic mass is 16.1. The molecule has 2 fully saturated rings. The Labute approximate surface area is 127 Å². The van der Waals surface area contributed by atoms with Crippen LogP contribution in [0.5, 0.6) is 0 Å². The van der Waals surface area contributed by atoms with Gasteiger partial charge in [0, 0.05) is 18.2 Å². The van der Waals surface area contributed by atoms with Crippen molar-refractivity contribution in [2.45, 2.75) is 51.5 Å². The molecule has 3 heteroatoms. The number of rotatable bonds is 4. The Bertz CT molecular complexity index is 474. The number of likely N-dealkylation sites (tertiary alicyclic amines) is 1. The highest BCUT2D eigenvalue weighted by Gasteiger charge is 2.22. The van der Waals surface area contributed by atoms with Gasteiger partial charge in [0.1, 0.15) is 0 Å². The third kappa shape index (κ3) is 4.07. The first-order valence-corrected chi connectivity index (χ1v) is 8.43. The summed E-state index contributed by atoms with van der Waals surface area (Å²) in [6, 6.07) is 8.37. The fourth-order valence-corrected chi connectivity index (χ4v) is 3.56. The first-order chi connectivity index (χ1) is 10.3. The summed E-state index contributed by atoms with van der Waals surface area (Å²) in [5.74, 6) is 0.443. The van der Waals surface area contributed by atoms with E-state index in [0.717, 1.165) is 25.1 Å². The zero-order valence-electron chi connectivity index (χ0n) is 12.8. The second-order valence-electron chi connectivity index (χ2n) is 6.51. The van der Waals surface area contributed by atoms with Crippen molar-refractivity contribution < 1.29 is 4.79 Å². The molecule has 0 radical (unpaired) electrons. The molecule has 0 unspecified atom stereocenters. The number of carbonyl (C=O) groups is 1. The molecule has 0 atom stereocenters. The van der Waals surface area contributed by atoms with Gasteiger partial charge >= 0.3 is 0 Å². The molecule has 0 spiro atoms. The van der Waals surface area contributed by atoms with Gasteiger partial charge in [-0.3, -0.25) is 9.69 Å². The summed E-state index contributed by atoms with van der Waals surface area (Å²) in [6.45, 7) is 3.42. The van der Waals surface area contributed by atoms with Crippen LogP contribution in [0.4, 0.5) is 5.69 Å². The van der Waals surface area contributed by atoms with Crippen LogP contribution in [-0.2, 0) is 11.3 Å². The molecule has 1 saturated carbocycles. The van der Waals surface area contributed by atoms with Crippen molar-refractivity contribution in [2.24, 2.45) is 5.92 Å². The molecule has 1 N–H and O–H groups in total. The van der Waals surface area contributed by atoms with Crippen LogP contribution < -0.4 is 5.32 Å². The molecule has 3 nitrogen and oxygen atoms in total. The number of nitrogens with zero attached hydrogens (tertiary/aromatic N) is 1. The summed E-state index contributed by atoms with van der Waals surface area (Å²) < 4.78 is 0. The SMILES string of the molecule is O=C(Nc1cccc(CN2CCCCC2)c1)C1CCCC1. The van der Waals surface area contributed by atoms with Gasteiger partial charge in [0.25, 0.3) is 0 Å². The number of nitrogens with one attached hydrogen (secondary N) is 1. The van der Waals surface area contributed by atoms with Gasteiger partial charge in [0.05, 0.1) is 0 Å². The molecule has 1 saturated heterocycles. The van der Waals surface area contributed by atoms with Crippen molar-refractivity contribution in [2.75, 3.05) is 18.4 Å². The molecule has 1 aliphatic heterocycles. The van der Waals surface area contributed by atoms with E-state index < -0.39 is 0 Å². The molecule has 2 aliphatic rings. The largest absolute Gasteiger partial charge is 0.326 e. The fourth-order valence-electron chi connectivity index (χ4n) is 3.56. The van der Waals surface area contributed by atoms with Gasteiger partial charge in [-0.25, -0.2) is 0 Å². The second-order valence-corrected chi connectivity index (χ2v) is 6.51. The highest BCUT2D eigenvalue weighted by Crippen LogP contribution is 2.26. The van der Waals surface area contributed by atoms with Gasteiger partial charge in [-0.2, -0.15) is 0 Å². The molecule has 0 bridgehead atoms. The Morgan fingerprint density at radius 2 is 1.86 bits per heavy atom. The molecule has 3 rings (SSSR count). The van der Waals surface area contributed by atoms with Crippen LogP contribution in [0.3, 0.4) is 0 Å². The summed E-state index contributed by atoms with van der Waals surface area (Å²) in [6.07, 6.45) is 8.52. The van der Waals surface area contributed by atoms with Crippen molar-refractivity contribution >= 4 is 11.6 Å². The van der Waals surface area contributed by atoms with Crippen LogP contribution in [-0.4, -0.2) is 23.9 Å². The number of amides is 1.